The number of hydrogen-bond acceptors (Lipinski definition) is 2. The zero-order valence-electron chi connectivity index (χ0n) is 29.7. The predicted molar refractivity (Wildman–Crippen MR) is 219 cm³/mol. The molecule has 2 nitrogen and oxygen atoms in total. The standard InChI is InChI=1S/C51H35NO/c1-30-10-7-12-34(28-30)52(35-13-8-11-31(2)29-35)45-19-9-16-38-39-25-27-44-48(50(39)53-49(38)45)40-24-22-32-20-21-33-23-26-43(47(40)46(32)33)51(44)41-17-5-3-14-36(41)37-15-4-6-18-42(37)51/h3-19,22-29H,20-21H2,1-2H3. The molecule has 9 aromatic rings. The molecule has 2 heteroatoms. The minimum Gasteiger partial charge on any atom is -0.453 e. The van der Waals surface area contributed by atoms with E-state index in [1.165, 1.54) is 77.5 Å². The molecule has 0 bridgehead atoms. The largest absolute Gasteiger partial charge is 0.453 e. The van der Waals surface area contributed by atoms with Crippen LogP contribution in [0, 0.1) is 13.8 Å². The summed E-state index contributed by atoms with van der Waals surface area (Å²) in [5.74, 6) is 0. The van der Waals surface area contributed by atoms with Crippen molar-refractivity contribution in [3.05, 3.63) is 196 Å². The summed E-state index contributed by atoms with van der Waals surface area (Å²) in [4.78, 5) is 2.36. The van der Waals surface area contributed by atoms with E-state index in [0.29, 0.717) is 0 Å². The summed E-state index contributed by atoms with van der Waals surface area (Å²) in [5, 5.41) is 5.12. The fourth-order valence-electron chi connectivity index (χ4n) is 10.4. The molecule has 12 rings (SSSR count). The van der Waals surface area contributed by atoms with Crippen LogP contribution in [0.25, 0.3) is 55.0 Å². The smallest absolute Gasteiger partial charge is 0.159 e. The van der Waals surface area contributed by atoms with Crippen LogP contribution in [-0.4, -0.2) is 0 Å². The highest BCUT2D eigenvalue weighted by Gasteiger charge is 2.51. The maximum atomic E-state index is 7.43. The van der Waals surface area contributed by atoms with Crippen LogP contribution >= 0.6 is 0 Å². The summed E-state index contributed by atoms with van der Waals surface area (Å²) in [7, 11) is 0. The predicted octanol–water partition coefficient (Wildman–Crippen LogP) is 13.3. The normalized spacial score (nSPS) is 14.2. The summed E-state index contributed by atoms with van der Waals surface area (Å²) in [6, 6.07) is 56.8. The van der Waals surface area contributed by atoms with E-state index >= 15 is 0 Å². The van der Waals surface area contributed by atoms with E-state index < -0.39 is 5.41 Å². The second kappa shape index (κ2) is 10.4. The van der Waals surface area contributed by atoms with Gasteiger partial charge in [0.15, 0.2) is 5.58 Å². The van der Waals surface area contributed by atoms with Crippen molar-refractivity contribution in [2.45, 2.75) is 32.1 Å². The Labute approximate surface area is 308 Å². The molecule has 1 heterocycles. The van der Waals surface area contributed by atoms with E-state index in [2.05, 4.69) is 170 Å². The molecule has 0 fully saturated rings. The second-order valence-electron chi connectivity index (χ2n) is 15.3. The van der Waals surface area contributed by atoms with Crippen LogP contribution in [0.3, 0.4) is 0 Å². The lowest BCUT2D eigenvalue weighted by Crippen LogP contribution is -2.32. The van der Waals surface area contributed by atoms with Gasteiger partial charge in [0.25, 0.3) is 0 Å². The summed E-state index contributed by atoms with van der Waals surface area (Å²) in [6.07, 6.45) is 2.18. The Morgan fingerprint density at radius 1 is 0.472 bits per heavy atom. The first-order valence-electron chi connectivity index (χ1n) is 18.8. The van der Waals surface area contributed by atoms with Crippen molar-refractivity contribution in [2.75, 3.05) is 4.90 Å². The lowest BCUT2D eigenvalue weighted by molar-refractivity contribution is 0.667. The highest BCUT2D eigenvalue weighted by atomic mass is 16.3. The average molecular weight is 678 g/mol. The quantitative estimate of drug-likeness (QED) is 0.185. The summed E-state index contributed by atoms with van der Waals surface area (Å²) in [5.41, 5.74) is 20.5. The molecule has 0 unspecified atom stereocenters. The van der Waals surface area contributed by atoms with Gasteiger partial charge in [-0.3, -0.25) is 0 Å². The number of furan rings is 1. The molecule has 0 saturated carbocycles. The Morgan fingerprint density at radius 2 is 1.08 bits per heavy atom. The molecule has 3 aliphatic rings. The lowest BCUT2D eigenvalue weighted by atomic mass is 9.61. The van der Waals surface area contributed by atoms with E-state index in [4.69, 9.17) is 4.42 Å². The van der Waals surface area contributed by atoms with Gasteiger partial charge in [-0.1, -0.05) is 121 Å². The number of benzene rings is 8. The average Bonchev–Trinajstić information content (AvgIpc) is 3.87. The Balaban J connectivity index is 1.23. The molecule has 8 aromatic carbocycles. The molecule has 0 amide bonds. The van der Waals surface area contributed by atoms with Gasteiger partial charge in [-0.25, -0.2) is 0 Å². The topological polar surface area (TPSA) is 16.4 Å². The Morgan fingerprint density at radius 3 is 1.75 bits per heavy atom. The molecule has 0 saturated heterocycles. The van der Waals surface area contributed by atoms with Gasteiger partial charge in [-0.15, -0.1) is 0 Å². The van der Waals surface area contributed by atoms with Crippen molar-refractivity contribution in [1.29, 1.82) is 0 Å². The van der Waals surface area contributed by atoms with Gasteiger partial charge in [0.05, 0.1) is 11.1 Å². The number of rotatable bonds is 3. The van der Waals surface area contributed by atoms with Crippen LogP contribution < -0.4 is 4.90 Å². The van der Waals surface area contributed by atoms with E-state index in [9.17, 15) is 0 Å². The van der Waals surface area contributed by atoms with E-state index in [1.54, 1.807) is 0 Å². The monoisotopic (exact) mass is 677 g/mol. The maximum absolute atomic E-state index is 7.43. The molecule has 0 radical (unpaired) electrons. The Bertz CT molecular complexity index is 2950. The summed E-state index contributed by atoms with van der Waals surface area (Å²) < 4.78 is 7.43. The number of aryl methyl sites for hydroxylation is 4. The van der Waals surface area contributed by atoms with Crippen LogP contribution in [0.1, 0.15) is 44.5 Å². The molecular formula is C51H35NO. The number of fused-ring (bicyclic) bond motifs is 13. The van der Waals surface area contributed by atoms with Gasteiger partial charge in [-0.05, 0) is 129 Å². The van der Waals surface area contributed by atoms with Gasteiger partial charge < -0.3 is 9.32 Å². The van der Waals surface area contributed by atoms with Gasteiger partial charge in [-0.2, -0.15) is 0 Å². The van der Waals surface area contributed by atoms with Crippen LogP contribution in [0.5, 0.6) is 0 Å². The van der Waals surface area contributed by atoms with Gasteiger partial charge in [0.1, 0.15) is 5.58 Å². The second-order valence-corrected chi connectivity index (χ2v) is 15.3. The SMILES string of the molecule is Cc1cccc(N(c2cccc(C)c2)c2cccc3c2oc2c4c(ccc23)C2(c3ccccc3-c3ccccc32)c2ccc3c5c(ccc-4c25)CC3)c1. The molecule has 3 aliphatic carbocycles. The fraction of sp³-hybridized carbons (Fsp3) is 0.0980. The van der Waals surface area contributed by atoms with Crippen molar-refractivity contribution >= 4 is 49.8 Å². The number of nitrogens with zero attached hydrogens (tertiary/aromatic N) is 1. The van der Waals surface area contributed by atoms with Crippen molar-refractivity contribution in [1.82, 2.24) is 0 Å². The molecule has 1 spiro atoms. The minimum absolute atomic E-state index is 0.472. The molecule has 0 atom stereocenters. The maximum Gasteiger partial charge on any atom is 0.159 e. The van der Waals surface area contributed by atoms with E-state index in [0.717, 1.165) is 51.8 Å². The van der Waals surface area contributed by atoms with Crippen LogP contribution in [0.4, 0.5) is 17.1 Å². The van der Waals surface area contributed by atoms with Gasteiger partial charge in [0, 0.05) is 27.7 Å². The van der Waals surface area contributed by atoms with Crippen molar-refractivity contribution < 1.29 is 4.42 Å². The zero-order chi connectivity index (χ0) is 35.0. The van der Waals surface area contributed by atoms with Crippen LogP contribution in [0.2, 0.25) is 0 Å². The van der Waals surface area contributed by atoms with Gasteiger partial charge >= 0.3 is 0 Å². The van der Waals surface area contributed by atoms with Crippen LogP contribution in [-0.2, 0) is 18.3 Å². The molecule has 0 aliphatic heterocycles. The van der Waals surface area contributed by atoms with Crippen molar-refractivity contribution in [2.24, 2.45) is 0 Å². The highest BCUT2D eigenvalue weighted by Crippen LogP contribution is 2.63. The third kappa shape index (κ3) is 3.68. The van der Waals surface area contributed by atoms with Crippen molar-refractivity contribution in [3.8, 4) is 22.3 Å². The highest BCUT2D eigenvalue weighted by molar-refractivity contribution is 6.19. The first-order valence-corrected chi connectivity index (χ1v) is 18.8. The lowest BCUT2D eigenvalue weighted by Gasteiger charge is -2.40. The summed E-state index contributed by atoms with van der Waals surface area (Å²) >= 11 is 0. The number of hydrogen-bond donors (Lipinski definition) is 0. The summed E-state index contributed by atoms with van der Waals surface area (Å²) in [6.45, 7) is 4.32. The fourth-order valence-corrected chi connectivity index (χ4v) is 10.4. The Hall–Kier alpha value is -6.38. The third-order valence-electron chi connectivity index (χ3n) is 12.4. The first kappa shape index (κ1) is 29.2. The molecular weight excluding hydrogens is 643 g/mol. The first-order chi connectivity index (χ1) is 26.1. The molecule has 53 heavy (non-hydrogen) atoms. The molecule has 0 N–H and O–H groups in total. The van der Waals surface area contributed by atoms with Gasteiger partial charge in [0.2, 0.25) is 0 Å². The van der Waals surface area contributed by atoms with Crippen molar-refractivity contribution in [3.63, 3.8) is 0 Å². The minimum atomic E-state index is -0.472. The third-order valence-corrected chi connectivity index (χ3v) is 12.4. The molecule has 250 valence electrons. The number of anilines is 3. The number of para-hydroxylation sites is 1. The van der Waals surface area contributed by atoms with E-state index in [1.807, 2.05) is 0 Å². The zero-order valence-corrected chi connectivity index (χ0v) is 29.7. The van der Waals surface area contributed by atoms with Crippen LogP contribution in [0.15, 0.2) is 156 Å². The Kier molecular flexibility index (Phi) is 5.71. The molecule has 1 aromatic heterocycles. The van der Waals surface area contributed by atoms with E-state index in [-0.39, 0.29) is 0 Å².